The predicted molar refractivity (Wildman–Crippen MR) is 247 cm³/mol. The molecule has 0 amide bonds. The highest BCUT2D eigenvalue weighted by Crippen LogP contribution is 2.12. The summed E-state index contributed by atoms with van der Waals surface area (Å²) in [6.45, 7) is 6.46. The average Bonchev–Trinajstić information content (AvgIpc) is 3.22. The van der Waals surface area contributed by atoms with Crippen molar-refractivity contribution in [2.24, 2.45) is 0 Å². The van der Waals surface area contributed by atoms with Gasteiger partial charge in [-0.15, -0.1) is 0 Å². The van der Waals surface area contributed by atoms with Crippen LogP contribution in [0.1, 0.15) is 220 Å². The van der Waals surface area contributed by atoms with Crippen molar-refractivity contribution in [3.63, 3.8) is 0 Å². The number of carbonyl (C=O) groups excluding carboxylic acids is 3. The van der Waals surface area contributed by atoms with Crippen LogP contribution in [0.15, 0.2) is 72.9 Å². The Bertz CT molecular complexity index is 1110. The Morgan fingerprint density at radius 2 is 0.638 bits per heavy atom. The Labute approximate surface area is 357 Å². The van der Waals surface area contributed by atoms with Crippen molar-refractivity contribution in [1.29, 1.82) is 0 Å². The van der Waals surface area contributed by atoms with E-state index in [0.29, 0.717) is 19.3 Å². The van der Waals surface area contributed by atoms with E-state index in [2.05, 4.69) is 93.7 Å². The van der Waals surface area contributed by atoms with Gasteiger partial charge in [0.05, 0.1) is 0 Å². The highest BCUT2D eigenvalue weighted by molar-refractivity contribution is 5.71. The second-order valence-electron chi connectivity index (χ2n) is 15.7. The number of allylic oxidation sites excluding steroid dienone is 12. The Morgan fingerprint density at radius 3 is 1.07 bits per heavy atom. The molecule has 0 heterocycles. The van der Waals surface area contributed by atoms with Crippen LogP contribution in [0.25, 0.3) is 0 Å². The second kappa shape index (κ2) is 46.5. The summed E-state index contributed by atoms with van der Waals surface area (Å²) in [5.74, 6) is -0.966. The maximum absolute atomic E-state index is 12.7. The minimum absolute atomic E-state index is 0.0985. The van der Waals surface area contributed by atoms with Gasteiger partial charge in [0.15, 0.2) is 6.10 Å². The van der Waals surface area contributed by atoms with E-state index in [4.69, 9.17) is 14.2 Å². The van der Waals surface area contributed by atoms with E-state index in [0.717, 1.165) is 109 Å². The maximum Gasteiger partial charge on any atom is 0.306 e. The fraction of sp³-hybridized carbons (Fsp3) is 0.712. The molecule has 0 N–H and O–H groups in total. The SMILES string of the molecule is CCCC/C=C\C/C=C\CCCCCCCC(=O)O[C@@H](COC(=O)CCCC/C=C\C/C=C\C/C=C\CCCCC)COC(=O)CCCCCCC/C=C\CCCC. The number of hydrogen-bond donors (Lipinski definition) is 0. The molecule has 0 unspecified atom stereocenters. The number of hydrogen-bond acceptors (Lipinski definition) is 6. The van der Waals surface area contributed by atoms with Crippen molar-refractivity contribution in [3.8, 4) is 0 Å². The van der Waals surface area contributed by atoms with Crippen LogP contribution in [0.3, 0.4) is 0 Å². The molecule has 1 atom stereocenters. The van der Waals surface area contributed by atoms with E-state index in [-0.39, 0.29) is 31.1 Å². The molecule has 6 nitrogen and oxygen atoms in total. The molecule has 0 spiro atoms. The lowest BCUT2D eigenvalue weighted by Gasteiger charge is -2.18. The lowest BCUT2D eigenvalue weighted by atomic mass is 10.1. The highest BCUT2D eigenvalue weighted by atomic mass is 16.6. The van der Waals surface area contributed by atoms with Crippen molar-refractivity contribution in [2.45, 2.75) is 226 Å². The first kappa shape index (κ1) is 54.9. The Balaban J connectivity index is 4.48. The van der Waals surface area contributed by atoms with Gasteiger partial charge in [0, 0.05) is 19.3 Å². The van der Waals surface area contributed by atoms with Gasteiger partial charge in [-0.3, -0.25) is 14.4 Å². The molecule has 0 aromatic rings. The predicted octanol–water partition coefficient (Wildman–Crippen LogP) is 15.5. The molecule has 0 saturated heterocycles. The molecule has 58 heavy (non-hydrogen) atoms. The smallest absolute Gasteiger partial charge is 0.306 e. The molecular weight excluding hydrogens is 721 g/mol. The first-order valence-corrected chi connectivity index (χ1v) is 23.9. The summed E-state index contributed by atoms with van der Waals surface area (Å²) in [4.78, 5) is 37.8. The average molecular weight is 809 g/mol. The van der Waals surface area contributed by atoms with Gasteiger partial charge in [0.2, 0.25) is 0 Å². The molecule has 0 fully saturated rings. The lowest BCUT2D eigenvalue weighted by Crippen LogP contribution is -2.30. The molecule has 332 valence electrons. The highest BCUT2D eigenvalue weighted by Gasteiger charge is 2.19. The van der Waals surface area contributed by atoms with Crippen LogP contribution in [0, 0.1) is 0 Å². The van der Waals surface area contributed by atoms with Gasteiger partial charge in [-0.2, -0.15) is 0 Å². The van der Waals surface area contributed by atoms with Crippen LogP contribution in [0.4, 0.5) is 0 Å². The van der Waals surface area contributed by atoms with Crippen LogP contribution < -0.4 is 0 Å². The van der Waals surface area contributed by atoms with Crippen LogP contribution in [0.5, 0.6) is 0 Å². The molecule has 0 aromatic heterocycles. The summed E-state index contributed by atoms with van der Waals surface area (Å²) in [7, 11) is 0. The fourth-order valence-corrected chi connectivity index (χ4v) is 6.21. The topological polar surface area (TPSA) is 78.9 Å². The van der Waals surface area contributed by atoms with E-state index >= 15 is 0 Å². The largest absolute Gasteiger partial charge is 0.462 e. The first-order valence-electron chi connectivity index (χ1n) is 23.9. The van der Waals surface area contributed by atoms with Gasteiger partial charge in [-0.1, -0.05) is 171 Å². The van der Waals surface area contributed by atoms with E-state index in [9.17, 15) is 14.4 Å². The summed E-state index contributed by atoms with van der Waals surface area (Å²) in [5, 5.41) is 0. The number of rotatable bonds is 42. The van der Waals surface area contributed by atoms with Gasteiger partial charge >= 0.3 is 17.9 Å². The third kappa shape index (κ3) is 44.0. The molecule has 0 aliphatic rings. The van der Waals surface area contributed by atoms with Crippen LogP contribution in [-0.4, -0.2) is 37.2 Å². The normalized spacial score (nSPS) is 12.7. The summed E-state index contributed by atoms with van der Waals surface area (Å²) < 4.78 is 16.7. The van der Waals surface area contributed by atoms with Crippen molar-refractivity contribution >= 4 is 17.9 Å². The van der Waals surface area contributed by atoms with Crippen molar-refractivity contribution in [2.75, 3.05) is 13.2 Å². The number of unbranched alkanes of at least 4 members (excludes halogenated alkanes) is 19. The zero-order chi connectivity index (χ0) is 42.3. The van der Waals surface area contributed by atoms with Gasteiger partial charge in [-0.25, -0.2) is 0 Å². The monoisotopic (exact) mass is 809 g/mol. The number of carbonyl (C=O) groups is 3. The standard InChI is InChI=1S/C52H88O6/c1-4-7-10-13-16-19-22-24-26-28-30-33-36-39-42-45-51(54)57-48-49(47-56-50(53)44-41-38-35-32-29-21-18-15-12-9-6-3)58-52(55)46-43-40-37-34-31-27-25-23-20-17-14-11-8-5-2/h14-19,23-26,30,33,49H,4-13,20-22,27-29,31-32,34-48H2,1-3H3/b17-14-,18-15-,19-16-,25-23-,26-24-,33-30-/t49-/m1/s1. The van der Waals surface area contributed by atoms with E-state index in [1.807, 2.05) is 0 Å². The molecule has 0 radical (unpaired) electrons. The van der Waals surface area contributed by atoms with Gasteiger partial charge in [0.1, 0.15) is 13.2 Å². The van der Waals surface area contributed by atoms with E-state index in [1.54, 1.807) is 0 Å². The summed E-state index contributed by atoms with van der Waals surface area (Å²) in [6.07, 6.45) is 57.4. The van der Waals surface area contributed by atoms with E-state index < -0.39 is 6.10 Å². The number of esters is 3. The molecule has 0 saturated carbocycles. The molecule has 0 aliphatic heterocycles. The third-order valence-electron chi connectivity index (χ3n) is 9.90. The molecule has 0 bridgehead atoms. The molecular formula is C52H88O6. The van der Waals surface area contributed by atoms with E-state index in [1.165, 1.54) is 70.6 Å². The lowest BCUT2D eigenvalue weighted by molar-refractivity contribution is -0.167. The summed E-state index contributed by atoms with van der Waals surface area (Å²) >= 11 is 0. The van der Waals surface area contributed by atoms with Crippen molar-refractivity contribution in [1.82, 2.24) is 0 Å². The quantitative estimate of drug-likeness (QED) is 0.0264. The van der Waals surface area contributed by atoms with Gasteiger partial charge < -0.3 is 14.2 Å². The van der Waals surface area contributed by atoms with Gasteiger partial charge in [-0.05, 0) is 103 Å². The number of ether oxygens (including phenoxy) is 3. The Hall–Kier alpha value is -3.15. The Morgan fingerprint density at radius 1 is 0.345 bits per heavy atom. The minimum atomic E-state index is -0.799. The first-order chi connectivity index (χ1) is 28.5. The van der Waals surface area contributed by atoms with Crippen molar-refractivity contribution < 1.29 is 28.6 Å². The molecule has 0 aromatic carbocycles. The molecule has 0 rings (SSSR count). The summed E-state index contributed by atoms with van der Waals surface area (Å²) in [6, 6.07) is 0. The van der Waals surface area contributed by atoms with Crippen LogP contribution in [0.2, 0.25) is 0 Å². The zero-order valence-electron chi connectivity index (χ0n) is 37.8. The fourth-order valence-electron chi connectivity index (χ4n) is 6.21. The summed E-state index contributed by atoms with van der Waals surface area (Å²) in [5.41, 5.74) is 0. The van der Waals surface area contributed by atoms with Crippen LogP contribution >= 0.6 is 0 Å². The van der Waals surface area contributed by atoms with Gasteiger partial charge in [0.25, 0.3) is 0 Å². The zero-order valence-corrected chi connectivity index (χ0v) is 37.8. The molecule has 6 heteroatoms. The third-order valence-corrected chi connectivity index (χ3v) is 9.90. The Kier molecular flexibility index (Phi) is 44.0. The minimum Gasteiger partial charge on any atom is -0.462 e. The van der Waals surface area contributed by atoms with Crippen LogP contribution in [-0.2, 0) is 28.6 Å². The second-order valence-corrected chi connectivity index (χ2v) is 15.7. The maximum atomic E-state index is 12.7. The molecule has 0 aliphatic carbocycles. The van der Waals surface area contributed by atoms with Crippen molar-refractivity contribution in [3.05, 3.63) is 72.9 Å².